The van der Waals surface area contributed by atoms with E-state index >= 15 is 0 Å². The Morgan fingerprint density at radius 1 is 1.31 bits per heavy atom. The lowest BCUT2D eigenvalue weighted by Gasteiger charge is -2.26. The third-order valence-electron chi connectivity index (χ3n) is 2.58. The molecule has 0 rings (SSSR count). The van der Waals surface area contributed by atoms with Crippen LogP contribution >= 0.6 is 0 Å². The van der Waals surface area contributed by atoms with E-state index in [1.165, 1.54) is 0 Å². The predicted octanol–water partition coefficient (Wildman–Crippen LogP) is 1.29. The molecule has 3 N–H and O–H groups in total. The lowest BCUT2D eigenvalue weighted by Crippen LogP contribution is -2.43. The fraction of sp³-hybridized carbons (Fsp3) is 1.00. The van der Waals surface area contributed by atoms with Gasteiger partial charge in [-0.2, -0.15) is 0 Å². The maximum atomic E-state index is 9.23. The van der Waals surface area contributed by atoms with Gasteiger partial charge in [0.25, 0.3) is 0 Å². The topological polar surface area (TPSA) is 55.5 Å². The number of nitrogens with two attached hydrogens (primary N) is 1. The van der Waals surface area contributed by atoms with Gasteiger partial charge in [0.2, 0.25) is 0 Å². The molecule has 0 aromatic rings. The van der Waals surface area contributed by atoms with Crippen molar-refractivity contribution in [1.29, 1.82) is 0 Å². The SMILES string of the molecule is CCC(O)COCC(N)(CC)CC. The molecule has 0 amide bonds. The third kappa shape index (κ3) is 5.24. The van der Waals surface area contributed by atoms with Crippen LogP contribution in [-0.2, 0) is 4.74 Å². The van der Waals surface area contributed by atoms with Gasteiger partial charge in [0.15, 0.2) is 0 Å². The Hall–Kier alpha value is -0.120. The van der Waals surface area contributed by atoms with Gasteiger partial charge in [-0.05, 0) is 19.3 Å². The average Bonchev–Trinajstić information content (AvgIpc) is 2.17. The van der Waals surface area contributed by atoms with E-state index in [1.807, 2.05) is 6.92 Å². The summed E-state index contributed by atoms with van der Waals surface area (Å²) in [6.07, 6.45) is 2.20. The van der Waals surface area contributed by atoms with E-state index in [9.17, 15) is 5.11 Å². The molecule has 3 nitrogen and oxygen atoms in total. The second-order valence-electron chi connectivity index (χ2n) is 3.65. The van der Waals surface area contributed by atoms with Crippen LogP contribution in [0.25, 0.3) is 0 Å². The molecular formula is C10H23NO2. The first kappa shape index (κ1) is 12.9. The molecule has 0 aliphatic carbocycles. The van der Waals surface area contributed by atoms with Gasteiger partial charge in [-0.1, -0.05) is 20.8 Å². The van der Waals surface area contributed by atoms with Crippen molar-refractivity contribution in [3.63, 3.8) is 0 Å². The number of hydrogen-bond acceptors (Lipinski definition) is 3. The summed E-state index contributed by atoms with van der Waals surface area (Å²) in [5, 5.41) is 9.23. The molecule has 0 aliphatic heterocycles. The quantitative estimate of drug-likeness (QED) is 0.634. The van der Waals surface area contributed by atoms with Crippen molar-refractivity contribution >= 4 is 0 Å². The summed E-state index contributed by atoms with van der Waals surface area (Å²) in [4.78, 5) is 0. The normalized spacial score (nSPS) is 14.5. The largest absolute Gasteiger partial charge is 0.391 e. The van der Waals surface area contributed by atoms with E-state index < -0.39 is 0 Å². The standard InChI is InChI=1S/C10H23NO2/c1-4-9(12)7-13-8-10(11,5-2)6-3/h9,12H,4-8,11H2,1-3H3. The van der Waals surface area contributed by atoms with Gasteiger partial charge in [0.1, 0.15) is 0 Å². The highest BCUT2D eigenvalue weighted by molar-refractivity contribution is 4.80. The molecule has 13 heavy (non-hydrogen) atoms. The molecule has 0 saturated heterocycles. The van der Waals surface area contributed by atoms with Crippen LogP contribution in [0, 0.1) is 0 Å². The van der Waals surface area contributed by atoms with Crippen molar-refractivity contribution < 1.29 is 9.84 Å². The second-order valence-corrected chi connectivity index (χ2v) is 3.65. The number of ether oxygens (including phenoxy) is 1. The Morgan fingerprint density at radius 2 is 1.85 bits per heavy atom. The first-order valence-electron chi connectivity index (χ1n) is 5.12. The van der Waals surface area contributed by atoms with Crippen LogP contribution in [-0.4, -0.2) is 30.0 Å². The molecule has 0 aliphatic rings. The van der Waals surface area contributed by atoms with E-state index in [4.69, 9.17) is 10.5 Å². The number of aliphatic hydroxyl groups excluding tert-OH is 1. The van der Waals surface area contributed by atoms with Gasteiger partial charge < -0.3 is 15.6 Å². The van der Waals surface area contributed by atoms with E-state index in [-0.39, 0.29) is 11.6 Å². The zero-order chi connectivity index (χ0) is 10.3. The van der Waals surface area contributed by atoms with Crippen LogP contribution in [0.1, 0.15) is 40.0 Å². The molecule has 0 saturated carbocycles. The molecular weight excluding hydrogens is 166 g/mol. The van der Waals surface area contributed by atoms with Crippen molar-refractivity contribution in [3.8, 4) is 0 Å². The van der Waals surface area contributed by atoms with Gasteiger partial charge in [0, 0.05) is 5.54 Å². The Balaban J connectivity index is 3.61. The molecule has 0 aromatic carbocycles. The highest BCUT2D eigenvalue weighted by Crippen LogP contribution is 2.11. The van der Waals surface area contributed by atoms with Crippen molar-refractivity contribution in [2.45, 2.75) is 51.7 Å². The van der Waals surface area contributed by atoms with Crippen LogP contribution in [0.3, 0.4) is 0 Å². The van der Waals surface area contributed by atoms with Gasteiger partial charge in [-0.15, -0.1) is 0 Å². The lowest BCUT2D eigenvalue weighted by atomic mass is 9.96. The van der Waals surface area contributed by atoms with Crippen LogP contribution < -0.4 is 5.73 Å². The number of rotatable bonds is 7. The summed E-state index contributed by atoms with van der Waals surface area (Å²) >= 11 is 0. The Morgan fingerprint density at radius 3 is 2.23 bits per heavy atom. The zero-order valence-electron chi connectivity index (χ0n) is 9.05. The molecule has 1 unspecified atom stereocenters. The smallest absolute Gasteiger partial charge is 0.0771 e. The van der Waals surface area contributed by atoms with Crippen molar-refractivity contribution in [1.82, 2.24) is 0 Å². The molecule has 0 aromatic heterocycles. The fourth-order valence-electron chi connectivity index (χ4n) is 0.970. The Kier molecular flexibility index (Phi) is 6.29. The monoisotopic (exact) mass is 189 g/mol. The minimum atomic E-state index is -0.349. The summed E-state index contributed by atoms with van der Waals surface area (Å²) in [5.74, 6) is 0. The minimum Gasteiger partial charge on any atom is -0.391 e. The molecule has 0 bridgehead atoms. The van der Waals surface area contributed by atoms with Gasteiger partial charge in [-0.25, -0.2) is 0 Å². The highest BCUT2D eigenvalue weighted by atomic mass is 16.5. The summed E-state index contributed by atoms with van der Waals surface area (Å²) in [7, 11) is 0. The third-order valence-corrected chi connectivity index (χ3v) is 2.58. The van der Waals surface area contributed by atoms with E-state index in [0.29, 0.717) is 13.2 Å². The zero-order valence-corrected chi connectivity index (χ0v) is 9.05. The summed E-state index contributed by atoms with van der Waals surface area (Å²) in [6.45, 7) is 6.99. The summed E-state index contributed by atoms with van der Waals surface area (Å²) < 4.78 is 5.36. The molecule has 0 heterocycles. The van der Waals surface area contributed by atoms with E-state index in [0.717, 1.165) is 19.3 Å². The van der Waals surface area contributed by atoms with Crippen molar-refractivity contribution in [3.05, 3.63) is 0 Å². The minimum absolute atomic E-state index is 0.215. The van der Waals surface area contributed by atoms with Crippen LogP contribution in [0.15, 0.2) is 0 Å². The van der Waals surface area contributed by atoms with Gasteiger partial charge in [-0.3, -0.25) is 0 Å². The van der Waals surface area contributed by atoms with Crippen LogP contribution in [0.2, 0.25) is 0 Å². The molecule has 80 valence electrons. The second kappa shape index (κ2) is 6.35. The lowest BCUT2D eigenvalue weighted by molar-refractivity contribution is 0.0117. The molecule has 0 spiro atoms. The van der Waals surface area contributed by atoms with Crippen LogP contribution in [0.5, 0.6) is 0 Å². The molecule has 0 radical (unpaired) electrons. The Labute approximate surface area is 81.3 Å². The van der Waals surface area contributed by atoms with Crippen molar-refractivity contribution in [2.24, 2.45) is 5.73 Å². The Bertz CT molecular complexity index is 124. The van der Waals surface area contributed by atoms with E-state index in [2.05, 4.69) is 13.8 Å². The summed E-state index contributed by atoms with van der Waals surface area (Å²) in [6, 6.07) is 0. The summed E-state index contributed by atoms with van der Waals surface area (Å²) in [5.41, 5.74) is 5.80. The predicted molar refractivity (Wildman–Crippen MR) is 54.6 cm³/mol. The average molecular weight is 189 g/mol. The maximum Gasteiger partial charge on any atom is 0.0771 e. The van der Waals surface area contributed by atoms with Crippen molar-refractivity contribution in [2.75, 3.05) is 13.2 Å². The maximum absolute atomic E-state index is 9.23. The number of hydrogen-bond donors (Lipinski definition) is 2. The fourth-order valence-corrected chi connectivity index (χ4v) is 0.970. The van der Waals surface area contributed by atoms with E-state index in [1.54, 1.807) is 0 Å². The first-order valence-corrected chi connectivity index (χ1v) is 5.12. The highest BCUT2D eigenvalue weighted by Gasteiger charge is 2.20. The van der Waals surface area contributed by atoms with Crippen LogP contribution in [0.4, 0.5) is 0 Å². The molecule has 3 heteroatoms. The van der Waals surface area contributed by atoms with Gasteiger partial charge in [0.05, 0.1) is 19.3 Å². The van der Waals surface area contributed by atoms with Gasteiger partial charge >= 0.3 is 0 Å². The molecule has 0 fully saturated rings. The first-order chi connectivity index (χ1) is 6.08. The number of aliphatic hydroxyl groups is 1. The molecule has 1 atom stereocenters.